The Morgan fingerprint density at radius 1 is 1.29 bits per heavy atom. The Labute approximate surface area is 85.5 Å². The molecular weight excluding hydrogens is 206 g/mol. The van der Waals surface area contributed by atoms with E-state index in [4.69, 9.17) is 17.6 Å². The lowest BCUT2D eigenvalue weighted by Gasteiger charge is -2.14. The molecule has 0 heterocycles. The summed E-state index contributed by atoms with van der Waals surface area (Å²) < 4.78 is 0. The molecule has 5 nitrogen and oxygen atoms in total. The van der Waals surface area contributed by atoms with Crippen molar-refractivity contribution in [3.8, 4) is 0 Å². The minimum Gasteiger partial charge on any atom is -0.262 e. The second kappa shape index (κ2) is 4.59. The molecule has 74 valence electrons. The Bertz CT molecular complexity index is 342. The summed E-state index contributed by atoms with van der Waals surface area (Å²) in [6.07, 6.45) is 0. The highest BCUT2D eigenvalue weighted by atomic mass is 35.5. The van der Waals surface area contributed by atoms with Gasteiger partial charge in [0.1, 0.15) is 0 Å². The number of nitrogens with two attached hydrogens (primary N) is 1. The molecule has 1 rings (SSSR count). The maximum atomic E-state index is 11.2. The Balaban J connectivity index is 2.81. The zero-order chi connectivity index (χ0) is 10.6. The molecule has 14 heavy (non-hydrogen) atoms. The van der Waals surface area contributed by atoms with Crippen LogP contribution in [0.5, 0.6) is 0 Å². The Morgan fingerprint density at radius 2 is 1.86 bits per heavy atom. The first-order valence-corrected chi connectivity index (χ1v) is 4.09. The molecule has 0 atom stereocenters. The Morgan fingerprint density at radius 3 is 2.36 bits per heavy atom. The molecule has 0 aromatic heterocycles. The smallest absolute Gasteiger partial charge is 0.262 e. The number of hydrogen-bond acceptors (Lipinski definition) is 3. The number of halogens is 1. The van der Waals surface area contributed by atoms with Gasteiger partial charge in [-0.2, -0.15) is 0 Å². The first-order chi connectivity index (χ1) is 6.66. The van der Waals surface area contributed by atoms with Crippen LogP contribution in [0, 0.1) is 0 Å². The number of hydrogen-bond donors (Lipinski definition) is 2. The SMILES string of the molecule is NN(C(=O)C(=O)NCl)c1ccccc1. The van der Waals surface area contributed by atoms with Gasteiger partial charge in [-0.05, 0) is 12.1 Å². The van der Waals surface area contributed by atoms with Gasteiger partial charge in [0.05, 0.1) is 5.69 Å². The van der Waals surface area contributed by atoms with E-state index in [1.165, 1.54) is 0 Å². The molecule has 1 aromatic rings. The lowest BCUT2D eigenvalue weighted by Crippen LogP contribution is -2.45. The van der Waals surface area contributed by atoms with E-state index in [1.54, 1.807) is 35.2 Å². The van der Waals surface area contributed by atoms with Crippen LogP contribution in [0.2, 0.25) is 0 Å². The van der Waals surface area contributed by atoms with Crippen LogP contribution in [0.4, 0.5) is 5.69 Å². The maximum Gasteiger partial charge on any atom is 0.331 e. The number of rotatable bonds is 1. The van der Waals surface area contributed by atoms with Crippen LogP contribution in [0.15, 0.2) is 30.3 Å². The second-order valence-electron chi connectivity index (χ2n) is 2.43. The minimum atomic E-state index is -0.974. The molecular formula is C8H8ClN3O2. The van der Waals surface area contributed by atoms with E-state index >= 15 is 0 Å². The summed E-state index contributed by atoms with van der Waals surface area (Å²) in [4.78, 5) is 23.7. The van der Waals surface area contributed by atoms with Gasteiger partial charge in [-0.25, -0.2) is 10.9 Å². The average Bonchev–Trinajstić information content (AvgIpc) is 2.27. The van der Waals surface area contributed by atoms with Gasteiger partial charge in [0.25, 0.3) is 0 Å². The van der Waals surface area contributed by atoms with Crippen molar-refractivity contribution in [3.05, 3.63) is 30.3 Å². The molecule has 0 spiro atoms. The Kier molecular flexibility index (Phi) is 3.44. The van der Waals surface area contributed by atoms with Crippen LogP contribution in [0.3, 0.4) is 0 Å². The van der Waals surface area contributed by atoms with Crippen molar-refractivity contribution in [1.82, 2.24) is 4.84 Å². The number of carbonyl (C=O) groups is 2. The van der Waals surface area contributed by atoms with Crippen molar-refractivity contribution in [2.45, 2.75) is 0 Å². The van der Waals surface area contributed by atoms with E-state index < -0.39 is 11.8 Å². The molecule has 2 amide bonds. The fraction of sp³-hybridized carbons (Fsp3) is 0. The molecule has 0 radical (unpaired) electrons. The van der Waals surface area contributed by atoms with E-state index in [2.05, 4.69) is 0 Å². The molecule has 0 bridgehead atoms. The standard InChI is InChI=1S/C8H8ClN3O2/c9-11-7(13)8(14)12(10)6-4-2-1-3-5-6/h1-5H,10H2,(H,11,13). The summed E-state index contributed by atoms with van der Waals surface area (Å²) in [5.41, 5.74) is 0.415. The highest BCUT2D eigenvalue weighted by Gasteiger charge is 2.19. The predicted octanol–water partition coefficient (Wildman–Crippen LogP) is 0.163. The molecule has 1 aromatic carbocycles. The highest BCUT2D eigenvalue weighted by molar-refractivity contribution is 6.45. The van der Waals surface area contributed by atoms with Crippen LogP contribution in [-0.2, 0) is 9.59 Å². The topological polar surface area (TPSA) is 75.4 Å². The van der Waals surface area contributed by atoms with Gasteiger partial charge in [0.2, 0.25) is 0 Å². The van der Waals surface area contributed by atoms with Gasteiger partial charge in [-0.15, -0.1) is 0 Å². The normalized spacial score (nSPS) is 9.29. The molecule has 0 aliphatic rings. The van der Waals surface area contributed by atoms with Gasteiger partial charge >= 0.3 is 11.8 Å². The average molecular weight is 214 g/mol. The highest BCUT2D eigenvalue weighted by Crippen LogP contribution is 2.08. The van der Waals surface area contributed by atoms with Gasteiger partial charge in [0, 0.05) is 11.8 Å². The third-order valence-corrected chi connectivity index (χ3v) is 1.70. The number of para-hydroxylation sites is 1. The first-order valence-electron chi connectivity index (χ1n) is 3.71. The van der Waals surface area contributed by atoms with Gasteiger partial charge in [-0.3, -0.25) is 14.4 Å². The first kappa shape index (κ1) is 10.5. The molecule has 0 saturated heterocycles. The van der Waals surface area contributed by atoms with Crippen molar-refractivity contribution < 1.29 is 9.59 Å². The monoisotopic (exact) mass is 213 g/mol. The van der Waals surface area contributed by atoms with Crippen LogP contribution >= 0.6 is 11.8 Å². The maximum absolute atomic E-state index is 11.2. The number of nitrogens with zero attached hydrogens (tertiary/aromatic N) is 1. The number of hydrazine groups is 1. The summed E-state index contributed by atoms with van der Waals surface area (Å²) >= 11 is 4.98. The lowest BCUT2D eigenvalue weighted by molar-refractivity contribution is -0.136. The third kappa shape index (κ3) is 2.21. The summed E-state index contributed by atoms with van der Waals surface area (Å²) in [6.45, 7) is 0. The number of benzene rings is 1. The molecule has 0 aliphatic heterocycles. The Hall–Kier alpha value is -1.59. The molecule has 0 aliphatic carbocycles. The molecule has 0 fully saturated rings. The van der Waals surface area contributed by atoms with Crippen molar-refractivity contribution in [2.75, 3.05) is 5.01 Å². The molecule has 0 saturated carbocycles. The van der Waals surface area contributed by atoms with E-state index in [0.717, 1.165) is 5.01 Å². The summed E-state index contributed by atoms with van der Waals surface area (Å²) in [7, 11) is 0. The minimum absolute atomic E-state index is 0.415. The lowest BCUT2D eigenvalue weighted by atomic mass is 10.3. The quantitative estimate of drug-likeness (QED) is 0.230. The fourth-order valence-electron chi connectivity index (χ4n) is 0.856. The van der Waals surface area contributed by atoms with Crippen molar-refractivity contribution >= 4 is 29.3 Å². The van der Waals surface area contributed by atoms with E-state index in [9.17, 15) is 9.59 Å². The fourth-order valence-corrected chi connectivity index (χ4v) is 0.937. The number of anilines is 1. The van der Waals surface area contributed by atoms with Gasteiger partial charge < -0.3 is 0 Å². The predicted molar refractivity (Wildman–Crippen MR) is 52.1 cm³/mol. The number of amides is 2. The van der Waals surface area contributed by atoms with Crippen LogP contribution in [-0.4, -0.2) is 11.8 Å². The van der Waals surface area contributed by atoms with Crippen LogP contribution in [0.25, 0.3) is 0 Å². The van der Waals surface area contributed by atoms with Crippen molar-refractivity contribution in [3.63, 3.8) is 0 Å². The second-order valence-corrected chi connectivity index (χ2v) is 2.62. The summed E-state index contributed by atoms with van der Waals surface area (Å²) in [5, 5.41) is 0.720. The zero-order valence-electron chi connectivity index (χ0n) is 7.11. The third-order valence-electron chi connectivity index (χ3n) is 1.53. The number of carbonyl (C=O) groups excluding carboxylic acids is 2. The zero-order valence-corrected chi connectivity index (χ0v) is 7.86. The van der Waals surface area contributed by atoms with Gasteiger partial charge in [-0.1, -0.05) is 18.2 Å². The van der Waals surface area contributed by atoms with Gasteiger partial charge in [0.15, 0.2) is 0 Å². The van der Waals surface area contributed by atoms with Crippen LogP contribution < -0.4 is 15.7 Å². The molecule has 3 N–H and O–H groups in total. The van der Waals surface area contributed by atoms with E-state index in [0.29, 0.717) is 5.69 Å². The van der Waals surface area contributed by atoms with E-state index in [-0.39, 0.29) is 0 Å². The summed E-state index contributed by atoms with van der Waals surface area (Å²) in [6, 6.07) is 8.35. The molecule has 6 heteroatoms. The number of nitrogens with one attached hydrogen (secondary N) is 1. The van der Waals surface area contributed by atoms with Crippen LogP contribution in [0.1, 0.15) is 0 Å². The van der Waals surface area contributed by atoms with Crippen molar-refractivity contribution in [2.24, 2.45) is 5.84 Å². The summed E-state index contributed by atoms with van der Waals surface area (Å²) in [5.74, 6) is 3.48. The molecule has 0 unspecified atom stereocenters. The largest absolute Gasteiger partial charge is 0.331 e. The van der Waals surface area contributed by atoms with E-state index in [1.807, 2.05) is 0 Å². The van der Waals surface area contributed by atoms with Crippen molar-refractivity contribution in [1.29, 1.82) is 0 Å².